The number of halogens is 3. The average molecular weight is 334 g/mol. The fourth-order valence-electron chi connectivity index (χ4n) is 1.97. The van der Waals surface area contributed by atoms with Gasteiger partial charge in [0.2, 0.25) is 5.88 Å². The molecule has 1 aliphatic heterocycles. The van der Waals surface area contributed by atoms with Gasteiger partial charge in [-0.2, -0.15) is 13.2 Å². The lowest BCUT2D eigenvalue weighted by atomic mass is 10.1. The van der Waals surface area contributed by atoms with E-state index in [2.05, 4.69) is 9.72 Å². The van der Waals surface area contributed by atoms with Gasteiger partial charge in [0.05, 0.1) is 18.8 Å². The number of carboxylic acids is 1. The summed E-state index contributed by atoms with van der Waals surface area (Å²) in [5.41, 5.74) is 0.0532. The van der Waals surface area contributed by atoms with E-state index in [1.165, 1.54) is 6.07 Å². The number of carboxylic acid groups (broad SMARTS) is 1. The van der Waals surface area contributed by atoms with Gasteiger partial charge < -0.3 is 19.5 Å². The lowest BCUT2D eigenvalue weighted by molar-refractivity contribution is -0.154. The first-order valence-electron chi connectivity index (χ1n) is 6.55. The molecule has 1 fully saturated rings. The summed E-state index contributed by atoms with van der Waals surface area (Å²) in [6.07, 6.45) is -3.44. The third kappa shape index (κ3) is 4.55. The molecule has 2 heterocycles. The van der Waals surface area contributed by atoms with Crippen LogP contribution in [0.3, 0.4) is 0 Å². The number of amides is 1. The molecular formula is C13H13F3N2O5. The van der Waals surface area contributed by atoms with E-state index < -0.39 is 30.7 Å². The Bertz CT molecular complexity index is 576. The van der Waals surface area contributed by atoms with Crippen LogP contribution in [0, 0.1) is 0 Å². The van der Waals surface area contributed by atoms with Gasteiger partial charge in [-0.1, -0.05) is 0 Å². The highest BCUT2D eigenvalue weighted by Crippen LogP contribution is 2.18. The molecule has 0 saturated carbocycles. The number of ether oxygens (including phenoxy) is 2. The van der Waals surface area contributed by atoms with Crippen molar-refractivity contribution >= 4 is 11.9 Å². The van der Waals surface area contributed by atoms with Crippen molar-refractivity contribution in [2.24, 2.45) is 0 Å². The first-order valence-corrected chi connectivity index (χ1v) is 6.55. The van der Waals surface area contributed by atoms with Crippen molar-refractivity contribution in [1.82, 2.24) is 9.88 Å². The Labute approximate surface area is 128 Å². The van der Waals surface area contributed by atoms with Gasteiger partial charge in [0, 0.05) is 18.8 Å². The minimum atomic E-state index is -4.49. The number of pyridine rings is 1. The molecule has 126 valence electrons. The molecule has 1 unspecified atom stereocenters. The molecule has 23 heavy (non-hydrogen) atoms. The summed E-state index contributed by atoms with van der Waals surface area (Å²) in [7, 11) is 0. The van der Waals surface area contributed by atoms with E-state index in [9.17, 15) is 22.8 Å². The molecule has 2 rings (SSSR count). The highest BCUT2D eigenvalue weighted by Gasteiger charge is 2.33. The zero-order valence-corrected chi connectivity index (χ0v) is 11.7. The Balaban J connectivity index is 2.06. The van der Waals surface area contributed by atoms with Crippen molar-refractivity contribution in [2.45, 2.75) is 12.2 Å². The number of alkyl halides is 3. The molecule has 0 aromatic carbocycles. The van der Waals surface area contributed by atoms with Gasteiger partial charge in [-0.3, -0.25) is 4.79 Å². The Morgan fingerprint density at radius 1 is 1.43 bits per heavy atom. The second-order valence-electron chi connectivity index (χ2n) is 4.72. The molecule has 1 atom stereocenters. The lowest BCUT2D eigenvalue weighted by Gasteiger charge is -2.32. The Hall–Kier alpha value is -2.36. The molecular weight excluding hydrogens is 321 g/mol. The van der Waals surface area contributed by atoms with Crippen LogP contribution in [0.15, 0.2) is 18.3 Å². The van der Waals surface area contributed by atoms with Gasteiger partial charge in [0.15, 0.2) is 12.6 Å². The highest BCUT2D eigenvalue weighted by atomic mass is 19.4. The molecule has 7 nitrogen and oxygen atoms in total. The van der Waals surface area contributed by atoms with Crippen LogP contribution in [0.25, 0.3) is 0 Å². The van der Waals surface area contributed by atoms with Crippen molar-refractivity contribution in [2.75, 3.05) is 26.4 Å². The molecule has 1 aliphatic rings. The fourth-order valence-corrected chi connectivity index (χ4v) is 1.97. The summed E-state index contributed by atoms with van der Waals surface area (Å²) in [6, 6.07) is 1.24. The second kappa shape index (κ2) is 6.82. The van der Waals surface area contributed by atoms with E-state index in [1.54, 1.807) is 0 Å². The second-order valence-corrected chi connectivity index (χ2v) is 4.72. The molecule has 1 saturated heterocycles. The predicted molar refractivity (Wildman–Crippen MR) is 69.1 cm³/mol. The SMILES string of the molecule is O=C(O)C1COCCN1C(=O)c1ccc(OCC(F)(F)F)nc1. The van der Waals surface area contributed by atoms with Gasteiger partial charge in [0.1, 0.15) is 0 Å². The summed E-state index contributed by atoms with van der Waals surface area (Å²) in [4.78, 5) is 28.2. The van der Waals surface area contributed by atoms with E-state index >= 15 is 0 Å². The van der Waals surface area contributed by atoms with Crippen LogP contribution in [0.4, 0.5) is 13.2 Å². The standard InChI is InChI=1S/C13H13F3N2O5/c14-13(15,16)7-23-10-2-1-8(5-17-10)11(19)18-3-4-22-6-9(18)12(20)21/h1-2,5,9H,3-4,6-7H2,(H,20,21). The van der Waals surface area contributed by atoms with Crippen molar-refractivity contribution in [1.29, 1.82) is 0 Å². The molecule has 0 spiro atoms. The number of aliphatic carboxylic acids is 1. The third-order valence-corrected chi connectivity index (χ3v) is 3.04. The summed E-state index contributed by atoms with van der Waals surface area (Å²) in [5.74, 6) is -2.07. The van der Waals surface area contributed by atoms with E-state index in [1.807, 2.05) is 0 Å². The molecule has 1 aromatic heterocycles. The molecule has 0 aliphatic carbocycles. The number of nitrogens with zero attached hydrogens (tertiary/aromatic N) is 2. The number of hydrogen-bond acceptors (Lipinski definition) is 5. The first kappa shape index (κ1) is 17.0. The molecule has 0 bridgehead atoms. The van der Waals surface area contributed by atoms with E-state index in [0.29, 0.717) is 0 Å². The topological polar surface area (TPSA) is 89.0 Å². The quantitative estimate of drug-likeness (QED) is 0.882. The average Bonchev–Trinajstić information content (AvgIpc) is 2.52. The lowest BCUT2D eigenvalue weighted by Crippen LogP contribution is -2.52. The first-order chi connectivity index (χ1) is 10.8. The zero-order chi connectivity index (χ0) is 17.0. The Morgan fingerprint density at radius 2 is 2.17 bits per heavy atom. The van der Waals surface area contributed by atoms with Crippen LogP contribution < -0.4 is 4.74 Å². The largest absolute Gasteiger partial charge is 0.480 e. The van der Waals surface area contributed by atoms with E-state index in [0.717, 1.165) is 17.2 Å². The summed E-state index contributed by atoms with van der Waals surface area (Å²) < 4.78 is 45.5. The van der Waals surface area contributed by atoms with Crippen LogP contribution in [0.5, 0.6) is 5.88 Å². The monoisotopic (exact) mass is 334 g/mol. The summed E-state index contributed by atoms with van der Waals surface area (Å²) >= 11 is 0. The molecule has 0 radical (unpaired) electrons. The van der Waals surface area contributed by atoms with Crippen LogP contribution >= 0.6 is 0 Å². The van der Waals surface area contributed by atoms with Crippen LogP contribution in [0.2, 0.25) is 0 Å². The highest BCUT2D eigenvalue weighted by molar-refractivity contribution is 5.96. The van der Waals surface area contributed by atoms with Crippen LogP contribution in [-0.2, 0) is 9.53 Å². The number of carbonyl (C=O) groups is 2. The maximum atomic E-state index is 12.3. The fraction of sp³-hybridized carbons (Fsp3) is 0.462. The smallest absolute Gasteiger partial charge is 0.422 e. The maximum Gasteiger partial charge on any atom is 0.422 e. The Kier molecular flexibility index (Phi) is 5.04. The van der Waals surface area contributed by atoms with Crippen LogP contribution in [-0.4, -0.2) is 65.5 Å². The summed E-state index contributed by atoms with van der Waals surface area (Å²) in [5, 5.41) is 9.08. The van der Waals surface area contributed by atoms with Gasteiger partial charge in [0.25, 0.3) is 5.91 Å². The normalized spacial score (nSPS) is 18.6. The zero-order valence-electron chi connectivity index (χ0n) is 11.7. The number of carbonyl (C=O) groups excluding carboxylic acids is 1. The van der Waals surface area contributed by atoms with Gasteiger partial charge in [-0.15, -0.1) is 0 Å². The van der Waals surface area contributed by atoms with Crippen molar-refractivity contribution in [3.8, 4) is 5.88 Å². The van der Waals surface area contributed by atoms with Gasteiger partial charge >= 0.3 is 12.1 Å². The number of rotatable bonds is 4. The predicted octanol–water partition coefficient (Wildman–Crippen LogP) is 0.948. The van der Waals surface area contributed by atoms with Crippen molar-refractivity contribution in [3.05, 3.63) is 23.9 Å². The Morgan fingerprint density at radius 3 is 2.74 bits per heavy atom. The van der Waals surface area contributed by atoms with Crippen LogP contribution in [0.1, 0.15) is 10.4 Å². The minimum absolute atomic E-state index is 0.0532. The van der Waals surface area contributed by atoms with Crippen molar-refractivity contribution in [3.63, 3.8) is 0 Å². The third-order valence-electron chi connectivity index (χ3n) is 3.04. The van der Waals surface area contributed by atoms with E-state index in [-0.39, 0.29) is 31.2 Å². The number of morpholine rings is 1. The molecule has 1 amide bonds. The number of aromatic nitrogens is 1. The number of hydrogen-bond donors (Lipinski definition) is 1. The molecule has 1 N–H and O–H groups in total. The molecule has 10 heteroatoms. The summed E-state index contributed by atoms with van der Waals surface area (Å²) in [6.45, 7) is -1.31. The van der Waals surface area contributed by atoms with Crippen molar-refractivity contribution < 1.29 is 37.3 Å². The minimum Gasteiger partial charge on any atom is -0.480 e. The van der Waals surface area contributed by atoms with Gasteiger partial charge in [-0.25, -0.2) is 9.78 Å². The molecule has 1 aromatic rings. The maximum absolute atomic E-state index is 12.3. The van der Waals surface area contributed by atoms with E-state index in [4.69, 9.17) is 9.84 Å². The van der Waals surface area contributed by atoms with Gasteiger partial charge in [-0.05, 0) is 6.07 Å².